The van der Waals surface area contributed by atoms with Gasteiger partial charge in [0.15, 0.2) is 27.2 Å². The smallest absolute Gasteiger partial charge is 0.182 e. The van der Waals surface area contributed by atoms with E-state index in [0.717, 1.165) is 0 Å². The van der Waals surface area contributed by atoms with Gasteiger partial charge in [0, 0.05) is 18.4 Å². The third kappa shape index (κ3) is 2.54. The number of ketones is 3. The van der Waals surface area contributed by atoms with Crippen LogP contribution in [-0.2, 0) is 25.8 Å². The molecule has 0 aromatic heterocycles. The Morgan fingerprint density at radius 3 is 2.39 bits per heavy atom. The fourth-order valence-electron chi connectivity index (χ4n) is 3.37. The maximum atomic E-state index is 12.7. The second-order valence-electron chi connectivity index (χ2n) is 6.01. The molecule has 7 heteroatoms. The topological polar surface area (TPSA) is 85.3 Å². The zero-order chi connectivity index (χ0) is 16.9. The quantitative estimate of drug-likeness (QED) is 0.599. The Bertz CT molecular complexity index is 838. The number of carbonyl (C=O) groups is 3. The summed E-state index contributed by atoms with van der Waals surface area (Å²) in [6.07, 6.45) is 1.12. The molecular weight excluding hydrogens is 340 g/mol. The fourth-order valence-corrected chi connectivity index (χ4v) is 5.57. The lowest BCUT2D eigenvalue weighted by Crippen LogP contribution is -2.35. The van der Waals surface area contributed by atoms with Gasteiger partial charge in [-0.25, -0.2) is 8.42 Å². The van der Waals surface area contributed by atoms with Crippen molar-refractivity contribution in [1.29, 1.82) is 0 Å². The molecule has 0 spiro atoms. The van der Waals surface area contributed by atoms with Crippen molar-refractivity contribution < 1.29 is 22.8 Å². The molecule has 0 radical (unpaired) electrons. The van der Waals surface area contributed by atoms with E-state index < -0.39 is 21.5 Å². The van der Waals surface area contributed by atoms with E-state index in [-0.39, 0.29) is 52.1 Å². The predicted molar refractivity (Wildman–Crippen MR) is 83.6 cm³/mol. The first kappa shape index (κ1) is 16.3. The minimum Gasteiger partial charge on any atom is -0.298 e. The van der Waals surface area contributed by atoms with Gasteiger partial charge in [0.1, 0.15) is 5.92 Å². The number of rotatable bonds is 2. The van der Waals surface area contributed by atoms with Gasteiger partial charge in [0.25, 0.3) is 0 Å². The van der Waals surface area contributed by atoms with Crippen molar-refractivity contribution in [2.45, 2.75) is 37.5 Å². The van der Waals surface area contributed by atoms with Crippen LogP contribution in [0.15, 0.2) is 11.0 Å². The monoisotopic (exact) mass is 354 g/mol. The van der Waals surface area contributed by atoms with Crippen LogP contribution < -0.4 is 0 Å². The summed E-state index contributed by atoms with van der Waals surface area (Å²) in [7, 11) is -3.38. The van der Waals surface area contributed by atoms with Gasteiger partial charge in [-0.2, -0.15) is 0 Å². The highest BCUT2D eigenvalue weighted by atomic mass is 35.5. The van der Waals surface area contributed by atoms with Crippen LogP contribution in [0.4, 0.5) is 0 Å². The first-order chi connectivity index (χ1) is 10.7. The van der Waals surface area contributed by atoms with E-state index in [4.69, 9.17) is 11.6 Å². The Balaban J connectivity index is 2.12. The average Bonchev–Trinajstić information content (AvgIpc) is 2.79. The van der Waals surface area contributed by atoms with E-state index in [9.17, 15) is 22.8 Å². The number of Topliss-reactive ketones (excluding diaryl/α,β-unsaturated/α-hetero) is 3. The molecule has 23 heavy (non-hydrogen) atoms. The molecule has 1 aliphatic carbocycles. The highest BCUT2D eigenvalue weighted by Crippen LogP contribution is 2.38. The average molecular weight is 355 g/mol. The minimum absolute atomic E-state index is 0.0399. The van der Waals surface area contributed by atoms with Crippen LogP contribution in [0.3, 0.4) is 0 Å². The van der Waals surface area contributed by atoms with E-state index in [1.165, 1.54) is 6.07 Å². The number of benzene rings is 1. The van der Waals surface area contributed by atoms with Gasteiger partial charge in [-0.15, -0.1) is 0 Å². The van der Waals surface area contributed by atoms with Gasteiger partial charge in [-0.1, -0.05) is 11.6 Å². The van der Waals surface area contributed by atoms with Crippen LogP contribution >= 0.6 is 11.6 Å². The van der Waals surface area contributed by atoms with Gasteiger partial charge >= 0.3 is 0 Å². The summed E-state index contributed by atoms with van der Waals surface area (Å²) in [5.74, 6) is -2.71. The lowest BCUT2D eigenvalue weighted by Gasteiger charge is -2.19. The first-order valence-electron chi connectivity index (χ1n) is 7.38. The molecule has 1 aromatic carbocycles. The molecule has 0 unspecified atom stereocenters. The molecule has 0 saturated heterocycles. The third-order valence-corrected chi connectivity index (χ3v) is 6.81. The van der Waals surface area contributed by atoms with Crippen LogP contribution in [0, 0.1) is 12.8 Å². The second kappa shape index (κ2) is 5.53. The highest BCUT2D eigenvalue weighted by molar-refractivity contribution is 7.91. The lowest BCUT2D eigenvalue weighted by molar-refractivity contribution is -0.133. The van der Waals surface area contributed by atoms with Gasteiger partial charge < -0.3 is 0 Å². The number of carbonyl (C=O) groups excluding carboxylic acids is 3. The van der Waals surface area contributed by atoms with Crippen molar-refractivity contribution in [1.82, 2.24) is 0 Å². The molecule has 0 amide bonds. The Kier molecular flexibility index (Phi) is 3.92. The van der Waals surface area contributed by atoms with Crippen molar-refractivity contribution in [2.24, 2.45) is 5.92 Å². The van der Waals surface area contributed by atoms with Gasteiger partial charge in [-0.3, -0.25) is 14.4 Å². The van der Waals surface area contributed by atoms with Crippen molar-refractivity contribution in [3.8, 4) is 0 Å². The van der Waals surface area contributed by atoms with Gasteiger partial charge in [0.05, 0.1) is 15.7 Å². The summed E-state index contributed by atoms with van der Waals surface area (Å²) in [6, 6.07) is 1.39. The van der Waals surface area contributed by atoms with Crippen LogP contribution in [-0.4, -0.2) is 31.5 Å². The molecule has 5 nitrogen and oxygen atoms in total. The summed E-state index contributed by atoms with van der Waals surface area (Å²) >= 11 is 6.26. The lowest BCUT2D eigenvalue weighted by atomic mass is 9.81. The zero-order valence-corrected chi connectivity index (χ0v) is 14.1. The standard InChI is InChI=1S/C16H15ClO5S/c1-8-7-10(14(17)9-5-6-23(21,22)16(8)9)15(20)13-11(18)3-2-4-12(13)19/h7,13H,2-6H2,1H3. The van der Waals surface area contributed by atoms with Crippen LogP contribution in [0.1, 0.15) is 40.7 Å². The molecule has 3 rings (SSSR count). The number of hydrogen-bond acceptors (Lipinski definition) is 5. The molecule has 0 atom stereocenters. The molecule has 1 saturated carbocycles. The summed E-state index contributed by atoms with van der Waals surface area (Å²) in [5.41, 5.74) is 0.931. The van der Waals surface area contributed by atoms with E-state index in [2.05, 4.69) is 0 Å². The number of sulfone groups is 1. The maximum Gasteiger partial charge on any atom is 0.182 e. The molecule has 1 fully saturated rings. The Morgan fingerprint density at radius 1 is 1.17 bits per heavy atom. The Labute approximate surface area is 138 Å². The van der Waals surface area contributed by atoms with Crippen molar-refractivity contribution in [2.75, 3.05) is 5.75 Å². The van der Waals surface area contributed by atoms with Gasteiger partial charge in [-0.05, 0) is 37.0 Å². The first-order valence-corrected chi connectivity index (χ1v) is 9.41. The molecule has 2 aliphatic rings. The zero-order valence-electron chi connectivity index (χ0n) is 12.5. The molecule has 122 valence electrons. The second-order valence-corrected chi connectivity index (χ2v) is 8.44. The van der Waals surface area contributed by atoms with Crippen molar-refractivity contribution in [3.05, 3.63) is 27.8 Å². The predicted octanol–water partition coefficient (Wildman–Crippen LogP) is 2.10. The largest absolute Gasteiger partial charge is 0.298 e. The van der Waals surface area contributed by atoms with E-state index in [1.807, 2.05) is 0 Å². The van der Waals surface area contributed by atoms with Crippen LogP contribution in [0.25, 0.3) is 0 Å². The molecule has 0 bridgehead atoms. The number of aryl methyl sites for hydroxylation is 1. The SMILES string of the molecule is Cc1cc(C(=O)C2C(=O)CCCC2=O)c(Cl)c2c1S(=O)(=O)CC2. The van der Waals surface area contributed by atoms with Crippen molar-refractivity contribution in [3.63, 3.8) is 0 Å². The van der Waals surface area contributed by atoms with E-state index >= 15 is 0 Å². The van der Waals surface area contributed by atoms with Gasteiger partial charge in [0.2, 0.25) is 0 Å². The van der Waals surface area contributed by atoms with Crippen LogP contribution in [0.5, 0.6) is 0 Å². The number of fused-ring (bicyclic) bond motifs is 1. The van der Waals surface area contributed by atoms with Crippen LogP contribution in [0.2, 0.25) is 5.02 Å². The Morgan fingerprint density at radius 2 is 1.78 bits per heavy atom. The van der Waals surface area contributed by atoms with Crippen molar-refractivity contribution >= 4 is 38.8 Å². The Hall–Kier alpha value is -1.53. The summed E-state index contributed by atoms with van der Waals surface area (Å²) in [6.45, 7) is 1.60. The summed E-state index contributed by atoms with van der Waals surface area (Å²) in [5, 5.41) is 0.0582. The molecular formula is C16H15ClO5S. The normalized spacial score (nSPS) is 20.6. The summed E-state index contributed by atoms with van der Waals surface area (Å²) < 4.78 is 24.1. The van der Waals surface area contributed by atoms with E-state index in [1.54, 1.807) is 6.92 Å². The summed E-state index contributed by atoms with van der Waals surface area (Å²) in [4.78, 5) is 36.8. The fraction of sp³-hybridized carbons (Fsp3) is 0.438. The minimum atomic E-state index is -3.38. The molecule has 1 aliphatic heterocycles. The number of hydrogen-bond donors (Lipinski definition) is 0. The van der Waals surface area contributed by atoms with E-state index in [0.29, 0.717) is 17.5 Å². The molecule has 1 heterocycles. The third-order valence-electron chi connectivity index (χ3n) is 4.44. The molecule has 0 N–H and O–H groups in total. The number of halogens is 1. The highest BCUT2D eigenvalue weighted by Gasteiger charge is 2.39. The maximum absolute atomic E-state index is 12.7. The molecule has 1 aromatic rings.